The number of benzene rings is 1. The van der Waals surface area contributed by atoms with E-state index >= 15 is 0 Å². The molecule has 23 heavy (non-hydrogen) atoms. The molecule has 1 N–H and O–H groups in total. The van der Waals surface area contributed by atoms with Crippen molar-refractivity contribution in [2.24, 2.45) is 5.10 Å². The predicted molar refractivity (Wildman–Crippen MR) is 93.0 cm³/mol. The number of H-pyrrole nitrogens is 1. The summed E-state index contributed by atoms with van der Waals surface area (Å²) in [4.78, 5) is 12.5. The molecule has 2 aromatic rings. The number of hydrogen-bond acceptors (Lipinski definition) is 5. The molecule has 0 unspecified atom stereocenters. The number of nitrogens with zero attached hydrogens (tertiary/aromatic N) is 3. The molecule has 0 aliphatic heterocycles. The lowest BCUT2D eigenvalue weighted by Crippen LogP contribution is -2.32. The molecule has 7 heteroatoms. The average molecular weight is 332 g/mol. The summed E-state index contributed by atoms with van der Waals surface area (Å²) in [6, 6.07) is 7.44. The van der Waals surface area contributed by atoms with E-state index in [1.165, 1.54) is 0 Å². The fourth-order valence-corrected chi connectivity index (χ4v) is 2.14. The maximum absolute atomic E-state index is 12.5. The lowest BCUT2D eigenvalue weighted by Gasteiger charge is -2.16. The fourth-order valence-electron chi connectivity index (χ4n) is 1.96. The smallest absolute Gasteiger partial charge is 0.297 e. The number of aromatic amines is 1. The molecule has 0 bridgehead atoms. The van der Waals surface area contributed by atoms with Gasteiger partial charge in [-0.1, -0.05) is 32.9 Å². The molecule has 0 radical (unpaired) electrons. The standard InChI is InChI=1S/C16H20N4O2S/c1-5-22-12-8-6-7-11(9-12)10-17-20-14(21)13(16(2,3)4)18-19-15(20)23/h6-10H,5H2,1-4H3,(H,19,23)/b17-10-. The Morgan fingerprint density at radius 3 is 2.83 bits per heavy atom. The minimum atomic E-state index is -0.400. The van der Waals surface area contributed by atoms with Crippen LogP contribution in [-0.2, 0) is 5.41 Å². The van der Waals surface area contributed by atoms with Gasteiger partial charge in [0.1, 0.15) is 11.4 Å². The zero-order valence-electron chi connectivity index (χ0n) is 13.7. The Labute approximate surface area is 139 Å². The van der Waals surface area contributed by atoms with E-state index in [2.05, 4.69) is 15.3 Å². The van der Waals surface area contributed by atoms with E-state index in [9.17, 15) is 4.79 Å². The number of aromatic nitrogens is 3. The van der Waals surface area contributed by atoms with E-state index in [-0.39, 0.29) is 10.3 Å². The molecule has 2 rings (SSSR count). The van der Waals surface area contributed by atoms with Gasteiger partial charge in [-0.3, -0.25) is 9.89 Å². The van der Waals surface area contributed by atoms with Gasteiger partial charge >= 0.3 is 0 Å². The van der Waals surface area contributed by atoms with Crippen LogP contribution in [0.15, 0.2) is 34.2 Å². The highest BCUT2D eigenvalue weighted by molar-refractivity contribution is 7.71. The zero-order valence-corrected chi connectivity index (χ0v) is 14.5. The van der Waals surface area contributed by atoms with Crippen LogP contribution in [0.4, 0.5) is 0 Å². The molecule has 0 aliphatic rings. The van der Waals surface area contributed by atoms with E-state index in [1.54, 1.807) is 6.21 Å². The van der Waals surface area contributed by atoms with Crippen molar-refractivity contribution in [1.82, 2.24) is 14.9 Å². The Morgan fingerprint density at radius 1 is 1.43 bits per heavy atom. The van der Waals surface area contributed by atoms with Gasteiger partial charge in [-0.15, -0.1) is 0 Å². The summed E-state index contributed by atoms with van der Waals surface area (Å²) in [7, 11) is 0. The Balaban J connectivity index is 2.42. The van der Waals surface area contributed by atoms with Gasteiger partial charge in [0.15, 0.2) is 0 Å². The topological polar surface area (TPSA) is 72.3 Å². The normalized spacial score (nSPS) is 11.8. The van der Waals surface area contributed by atoms with E-state index in [0.29, 0.717) is 12.3 Å². The van der Waals surface area contributed by atoms with Crippen molar-refractivity contribution in [3.63, 3.8) is 0 Å². The van der Waals surface area contributed by atoms with E-state index < -0.39 is 5.41 Å². The van der Waals surface area contributed by atoms with Gasteiger partial charge in [-0.2, -0.15) is 14.9 Å². The molecule has 0 atom stereocenters. The van der Waals surface area contributed by atoms with E-state index in [0.717, 1.165) is 16.0 Å². The average Bonchev–Trinajstić information content (AvgIpc) is 2.46. The SMILES string of the molecule is CCOc1cccc(/C=N\n2c(=S)[nH]nc(C(C)(C)C)c2=O)c1. The van der Waals surface area contributed by atoms with Gasteiger partial charge in [0.05, 0.1) is 12.8 Å². The molecule has 6 nitrogen and oxygen atoms in total. The Morgan fingerprint density at radius 2 is 2.17 bits per heavy atom. The highest BCUT2D eigenvalue weighted by atomic mass is 32.1. The maximum atomic E-state index is 12.5. The largest absolute Gasteiger partial charge is 0.494 e. The lowest BCUT2D eigenvalue weighted by molar-refractivity contribution is 0.340. The third-order valence-electron chi connectivity index (χ3n) is 3.05. The lowest BCUT2D eigenvalue weighted by atomic mass is 9.93. The van der Waals surface area contributed by atoms with Crippen molar-refractivity contribution in [3.8, 4) is 5.75 Å². The molecule has 0 fully saturated rings. The first kappa shape index (κ1) is 17.1. The maximum Gasteiger partial charge on any atom is 0.297 e. The summed E-state index contributed by atoms with van der Waals surface area (Å²) < 4.78 is 6.74. The van der Waals surface area contributed by atoms with Crippen LogP contribution in [0.2, 0.25) is 0 Å². The van der Waals surface area contributed by atoms with Crippen LogP contribution in [-0.4, -0.2) is 27.7 Å². The van der Waals surface area contributed by atoms with Gasteiger partial charge in [0.2, 0.25) is 4.77 Å². The van der Waals surface area contributed by atoms with Crippen LogP contribution in [0.3, 0.4) is 0 Å². The Bertz CT molecular complexity index is 831. The van der Waals surface area contributed by atoms with Gasteiger partial charge in [-0.05, 0) is 36.8 Å². The van der Waals surface area contributed by atoms with Crippen molar-refractivity contribution < 1.29 is 4.74 Å². The van der Waals surface area contributed by atoms with Gasteiger partial charge < -0.3 is 4.74 Å². The fraction of sp³-hybridized carbons (Fsp3) is 0.375. The number of ether oxygens (including phenoxy) is 1. The predicted octanol–water partition coefficient (Wildman–Crippen LogP) is 2.88. The molecule has 0 saturated carbocycles. The molecule has 1 heterocycles. The highest BCUT2D eigenvalue weighted by Crippen LogP contribution is 2.15. The van der Waals surface area contributed by atoms with Gasteiger partial charge in [0, 0.05) is 5.41 Å². The molecule has 122 valence electrons. The van der Waals surface area contributed by atoms with Crippen molar-refractivity contribution in [2.75, 3.05) is 6.61 Å². The van der Waals surface area contributed by atoms with Crippen LogP contribution in [0.1, 0.15) is 39.0 Å². The second-order valence-electron chi connectivity index (χ2n) is 5.99. The van der Waals surface area contributed by atoms with Crippen LogP contribution >= 0.6 is 12.2 Å². The molecule has 0 amide bonds. The first-order chi connectivity index (χ1) is 10.8. The molecule has 0 aliphatic carbocycles. The molecular weight excluding hydrogens is 312 g/mol. The first-order valence-corrected chi connectivity index (χ1v) is 7.73. The quantitative estimate of drug-likeness (QED) is 0.690. The monoisotopic (exact) mass is 332 g/mol. The highest BCUT2D eigenvalue weighted by Gasteiger charge is 2.21. The van der Waals surface area contributed by atoms with Crippen molar-refractivity contribution in [1.29, 1.82) is 0 Å². The van der Waals surface area contributed by atoms with Crippen LogP contribution in [0.5, 0.6) is 5.75 Å². The van der Waals surface area contributed by atoms with Crippen molar-refractivity contribution in [2.45, 2.75) is 33.1 Å². The second-order valence-corrected chi connectivity index (χ2v) is 6.38. The summed E-state index contributed by atoms with van der Waals surface area (Å²) in [5.74, 6) is 0.749. The Hall–Kier alpha value is -2.28. The number of nitrogens with one attached hydrogen (secondary N) is 1. The third-order valence-corrected chi connectivity index (χ3v) is 3.32. The molecular formula is C16H20N4O2S. The van der Waals surface area contributed by atoms with E-state index in [4.69, 9.17) is 17.0 Å². The van der Waals surface area contributed by atoms with Crippen molar-refractivity contribution in [3.05, 3.63) is 50.6 Å². The van der Waals surface area contributed by atoms with Gasteiger partial charge in [-0.25, -0.2) is 0 Å². The van der Waals surface area contributed by atoms with Gasteiger partial charge in [0.25, 0.3) is 5.56 Å². The van der Waals surface area contributed by atoms with Crippen LogP contribution in [0, 0.1) is 4.77 Å². The molecule has 1 aromatic carbocycles. The summed E-state index contributed by atoms with van der Waals surface area (Å²) in [6.07, 6.45) is 1.57. The summed E-state index contributed by atoms with van der Waals surface area (Å²) >= 11 is 5.11. The minimum absolute atomic E-state index is 0.153. The summed E-state index contributed by atoms with van der Waals surface area (Å²) in [5.41, 5.74) is 0.471. The Kier molecular flexibility index (Phi) is 5.10. The number of rotatable bonds is 4. The second kappa shape index (κ2) is 6.87. The summed E-state index contributed by atoms with van der Waals surface area (Å²) in [5, 5.41) is 10.9. The minimum Gasteiger partial charge on any atom is -0.494 e. The third kappa shape index (κ3) is 4.13. The molecule has 0 saturated heterocycles. The zero-order chi connectivity index (χ0) is 17.0. The van der Waals surface area contributed by atoms with Crippen LogP contribution in [0.25, 0.3) is 0 Å². The number of hydrogen-bond donors (Lipinski definition) is 1. The first-order valence-electron chi connectivity index (χ1n) is 7.32. The summed E-state index contributed by atoms with van der Waals surface area (Å²) in [6.45, 7) is 8.24. The van der Waals surface area contributed by atoms with Crippen LogP contribution < -0.4 is 10.3 Å². The molecule has 0 spiro atoms. The van der Waals surface area contributed by atoms with E-state index in [1.807, 2.05) is 52.0 Å². The van der Waals surface area contributed by atoms with Crippen molar-refractivity contribution >= 4 is 18.4 Å². The molecule has 1 aromatic heterocycles.